The third-order valence-electron chi connectivity index (χ3n) is 4.91. The number of hydrogen-bond acceptors (Lipinski definition) is 5. The Hall–Kier alpha value is -2.28. The molecule has 40 heavy (non-hydrogen) atoms. The number of benzene rings is 4. The summed E-state index contributed by atoms with van der Waals surface area (Å²) in [6.45, 7) is 1.33. The SMILES string of the molecule is CC(=O)Oc1c(Br)cc(Cl)cc1C(=S)Nc1ccc(Br)cc1.O=C(Nc1ccc(Br)cc1)c1cc(Br)ccc1O. The molecule has 12 heteroatoms. The van der Waals surface area contributed by atoms with Crippen LogP contribution in [-0.2, 0) is 4.79 Å². The van der Waals surface area contributed by atoms with Gasteiger partial charge in [-0.3, -0.25) is 9.59 Å². The lowest BCUT2D eigenvalue weighted by Crippen LogP contribution is -2.14. The smallest absolute Gasteiger partial charge is 0.308 e. The zero-order chi connectivity index (χ0) is 29.4. The van der Waals surface area contributed by atoms with E-state index in [0.717, 1.165) is 19.1 Å². The Morgan fingerprint density at radius 3 is 1.85 bits per heavy atom. The van der Waals surface area contributed by atoms with E-state index in [2.05, 4.69) is 74.4 Å². The van der Waals surface area contributed by atoms with E-state index in [-0.39, 0.29) is 17.2 Å². The maximum Gasteiger partial charge on any atom is 0.308 e. The van der Waals surface area contributed by atoms with Crippen molar-refractivity contribution < 1.29 is 19.4 Å². The Bertz CT molecular complexity index is 1550. The van der Waals surface area contributed by atoms with E-state index >= 15 is 0 Å². The molecule has 4 rings (SSSR count). The molecule has 0 fully saturated rings. The minimum absolute atomic E-state index is 0.0483. The van der Waals surface area contributed by atoms with Crippen molar-refractivity contribution >= 4 is 116 Å². The molecule has 206 valence electrons. The van der Waals surface area contributed by atoms with E-state index in [1.165, 1.54) is 13.0 Å². The number of carbonyl (C=O) groups is 2. The summed E-state index contributed by atoms with van der Waals surface area (Å²) in [6.07, 6.45) is 0. The predicted molar refractivity (Wildman–Crippen MR) is 178 cm³/mol. The van der Waals surface area contributed by atoms with Gasteiger partial charge in [0, 0.05) is 36.7 Å². The number of carbonyl (C=O) groups excluding carboxylic acids is 2. The number of hydrogen-bond donors (Lipinski definition) is 3. The molecule has 3 N–H and O–H groups in total. The summed E-state index contributed by atoms with van der Waals surface area (Å²) in [5.74, 6) is -0.494. The number of ether oxygens (including phenoxy) is 1. The number of anilines is 2. The molecule has 0 aromatic heterocycles. The normalized spacial score (nSPS) is 10.2. The standard InChI is InChI=1S/C15H10Br2ClNO2S.C13H9Br2NO2/c1-8(20)21-14-12(6-10(18)7-13(14)17)15(22)19-11-4-2-9(16)3-5-11;14-8-1-4-10(5-2-8)16-13(18)11-7-9(15)3-6-12(11)17/h2-7H,1H3,(H,19,22);1-7,17H,(H,16,18). The lowest BCUT2D eigenvalue weighted by atomic mass is 10.2. The van der Waals surface area contributed by atoms with Crippen molar-refractivity contribution in [2.45, 2.75) is 6.92 Å². The molecular weight excluding hydrogens is 815 g/mol. The summed E-state index contributed by atoms with van der Waals surface area (Å²) < 4.78 is 8.43. The van der Waals surface area contributed by atoms with Gasteiger partial charge in [-0.15, -0.1) is 0 Å². The highest BCUT2D eigenvalue weighted by molar-refractivity contribution is 9.11. The van der Waals surface area contributed by atoms with E-state index in [0.29, 0.717) is 31.5 Å². The van der Waals surface area contributed by atoms with Gasteiger partial charge in [0.1, 0.15) is 10.7 Å². The molecule has 0 spiro atoms. The highest BCUT2D eigenvalue weighted by atomic mass is 79.9. The van der Waals surface area contributed by atoms with Gasteiger partial charge in [-0.25, -0.2) is 0 Å². The molecule has 4 aromatic carbocycles. The van der Waals surface area contributed by atoms with Crippen molar-refractivity contribution in [1.29, 1.82) is 0 Å². The first-order chi connectivity index (χ1) is 18.9. The van der Waals surface area contributed by atoms with Crippen LogP contribution in [-0.4, -0.2) is 22.0 Å². The van der Waals surface area contributed by atoms with Crippen molar-refractivity contribution in [3.05, 3.63) is 113 Å². The Kier molecular flexibility index (Phi) is 12.2. The zero-order valence-electron chi connectivity index (χ0n) is 20.5. The predicted octanol–water partition coefficient (Wildman–Crippen LogP) is 9.75. The van der Waals surface area contributed by atoms with Gasteiger partial charge in [-0.05, 0) is 94.8 Å². The molecule has 0 bridgehead atoms. The minimum atomic E-state index is -0.435. The number of halogens is 5. The Morgan fingerprint density at radius 1 is 0.775 bits per heavy atom. The van der Waals surface area contributed by atoms with Crippen LogP contribution in [0.25, 0.3) is 0 Å². The fraction of sp³-hybridized carbons (Fsp3) is 0.0357. The van der Waals surface area contributed by atoms with Crippen molar-refractivity contribution in [1.82, 2.24) is 0 Å². The largest absolute Gasteiger partial charge is 0.507 e. The summed E-state index contributed by atoms with van der Waals surface area (Å²) in [5.41, 5.74) is 2.25. The van der Waals surface area contributed by atoms with Gasteiger partial charge in [0.15, 0.2) is 5.75 Å². The van der Waals surface area contributed by atoms with Gasteiger partial charge in [0.05, 0.1) is 15.6 Å². The molecule has 0 aliphatic rings. The lowest BCUT2D eigenvalue weighted by molar-refractivity contribution is -0.131. The van der Waals surface area contributed by atoms with Crippen LogP contribution < -0.4 is 15.4 Å². The minimum Gasteiger partial charge on any atom is -0.507 e. The van der Waals surface area contributed by atoms with Crippen molar-refractivity contribution in [2.24, 2.45) is 0 Å². The molecule has 6 nitrogen and oxygen atoms in total. The van der Waals surface area contributed by atoms with Gasteiger partial charge in [0.2, 0.25) is 0 Å². The molecule has 0 saturated heterocycles. The summed E-state index contributed by atoms with van der Waals surface area (Å²) in [4.78, 5) is 23.6. The van der Waals surface area contributed by atoms with Gasteiger partial charge in [-0.1, -0.05) is 71.6 Å². The number of phenolic OH excluding ortho intramolecular Hbond substituents is 1. The summed E-state index contributed by atoms with van der Waals surface area (Å²) in [5, 5.41) is 15.9. The van der Waals surface area contributed by atoms with Gasteiger partial charge in [0.25, 0.3) is 5.91 Å². The van der Waals surface area contributed by atoms with E-state index < -0.39 is 5.97 Å². The molecule has 4 aromatic rings. The average Bonchev–Trinajstić information content (AvgIpc) is 2.89. The highest BCUT2D eigenvalue weighted by Crippen LogP contribution is 2.34. The Balaban J connectivity index is 0.000000225. The fourth-order valence-corrected chi connectivity index (χ4v) is 5.18. The van der Waals surface area contributed by atoms with Crippen molar-refractivity contribution in [3.63, 3.8) is 0 Å². The van der Waals surface area contributed by atoms with Crippen molar-refractivity contribution in [3.8, 4) is 11.5 Å². The second-order valence-corrected chi connectivity index (χ2v) is 12.4. The number of rotatable bonds is 5. The number of phenols is 1. The second-order valence-electron chi connectivity index (χ2n) is 7.94. The number of amides is 1. The topological polar surface area (TPSA) is 87.7 Å². The van der Waals surface area contributed by atoms with Crippen LogP contribution in [0.5, 0.6) is 11.5 Å². The third-order valence-corrected chi connectivity index (χ3v) is 7.59. The molecule has 0 unspecified atom stereocenters. The van der Waals surface area contributed by atoms with Gasteiger partial charge in [-0.2, -0.15) is 0 Å². The highest BCUT2D eigenvalue weighted by Gasteiger charge is 2.16. The van der Waals surface area contributed by atoms with E-state index in [9.17, 15) is 14.7 Å². The molecule has 0 saturated carbocycles. The quantitative estimate of drug-likeness (QED) is 0.106. The molecule has 0 radical (unpaired) electrons. The van der Waals surface area contributed by atoms with Crippen LogP contribution in [0.1, 0.15) is 22.8 Å². The average molecular weight is 835 g/mol. The first-order valence-corrected chi connectivity index (χ1v) is 15.2. The summed E-state index contributed by atoms with van der Waals surface area (Å²) in [7, 11) is 0. The van der Waals surface area contributed by atoms with Crippen LogP contribution in [0.2, 0.25) is 5.02 Å². The Labute approximate surface area is 275 Å². The summed E-state index contributed by atoms with van der Waals surface area (Å²) >= 11 is 24.8. The van der Waals surface area contributed by atoms with E-state index in [1.807, 2.05) is 36.4 Å². The molecule has 0 heterocycles. The number of esters is 1. The molecule has 0 atom stereocenters. The molecule has 0 aliphatic heterocycles. The number of thiocarbonyl (C=S) groups is 1. The maximum atomic E-state index is 12.0. The summed E-state index contributed by atoms with van der Waals surface area (Å²) in [6, 6.07) is 22.8. The van der Waals surface area contributed by atoms with Gasteiger partial charge >= 0.3 is 5.97 Å². The van der Waals surface area contributed by atoms with E-state index in [1.54, 1.807) is 36.4 Å². The zero-order valence-corrected chi connectivity index (χ0v) is 28.4. The molecule has 0 aliphatic carbocycles. The molecular formula is C28H19Br4ClN2O4S. The van der Waals surface area contributed by atoms with Crippen LogP contribution in [0.4, 0.5) is 11.4 Å². The first-order valence-electron chi connectivity index (χ1n) is 11.2. The second kappa shape index (κ2) is 15.1. The van der Waals surface area contributed by atoms with Crippen LogP contribution >= 0.6 is 87.5 Å². The van der Waals surface area contributed by atoms with E-state index in [4.69, 9.17) is 28.6 Å². The lowest BCUT2D eigenvalue weighted by Gasteiger charge is -2.14. The van der Waals surface area contributed by atoms with Crippen LogP contribution in [0.15, 0.2) is 96.8 Å². The fourth-order valence-electron chi connectivity index (χ4n) is 3.13. The Morgan fingerprint density at radius 2 is 1.30 bits per heavy atom. The first kappa shape index (κ1) is 32.2. The number of aromatic hydroxyl groups is 1. The molecule has 1 amide bonds. The van der Waals surface area contributed by atoms with Gasteiger partial charge < -0.3 is 20.5 Å². The van der Waals surface area contributed by atoms with Crippen molar-refractivity contribution in [2.75, 3.05) is 10.6 Å². The third kappa shape index (κ3) is 9.67. The number of nitrogens with one attached hydrogen (secondary N) is 2. The van der Waals surface area contributed by atoms with Crippen LogP contribution in [0.3, 0.4) is 0 Å². The van der Waals surface area contributed by atoms with Crippen LogP contribution in [0, 0.1) is 0 Å². The maximum absolute atomic E-state index is 12.0. The monoisotopic (exact) mass is 830 g/mol.